The topological polar surface area (TPSA) is 72.2 Å². The summed E-state index contributed by atoms with van der Waals surface area (Å²) in [6.45, 7) is 0. The standard InChI is InChI=1S/C13H7Cl3N2O3/c14-7-1-3-11(16)12(5-7)17-13(19)9-6-8(18(20)21)2-4-10(9)15/h1-6H,(H,17,19). The van der Waals surface area contributed by atoms with Gasteiger partial charge < -0.3 is 5.32 Å². The van der Waals surface area contributed by atoms with Gasteiger partial charge in [0.15, 0.2) is 0 Å². The van der Waals surface area contributed by atoms with Gasteiger partial charge in [-0.2, -0.15) is 0 Å². The van der Waals surface area contributed by atoms with Crippen LogP contribution >= 0.6 is 34.8 Å². The molecule has 0 heterocycles. The molecule has 108 valence electrons. The lowest BCUT2D eigenvalue weighted by atomic mass is 10.2. The van der Waals surface area contributed by atoms with Gasteiger partial charge >= 0.3 is 0 Å². The fourth-order valence-corrected chi connectivity index (χ4v) is 2.12. The van der Waals surface area contributed by atoms with Crippen LogP contribution in [0.5, 0.6) is 0 Å². The number of nitrogens with one attached hydrogen (secondary N) is 1. The predicted octanol–water partition coefficient (Wildman–Crippen LogP) is 4.81. The molecule has 5 nitrogen and oxygen atoms in total. The molecule has 1 N–H and O–H groups in total. The SMILES string of the molecule is O=C(Nc1cc(Cl)ccc1Cl)c1cc([N+](=O)[O-])ccc1Cl. The predicted molar refractivity (Wildman–Crippen MR) is 82.5 cm³/mol. The molecule has 0 saturated heterocycles. The third-order valence-corrected chi connectivity index (χ3v) is 3.48. The Kier molecular flexibility index (Phi) is 4.67. The van der Waals surface area contributed by atoms with E-state index < -0.39 is 10.8 Å². The molecule has 0 bridgehead atoms. The number of hydrogen-bond acceptors (Lipinski definition) is 3. The van der Waals surface area contributed by atoms with Crippen LogP contribution in [0.25, 0.3) is 0 Å². The Hall–Kier alpha value is -1.82. The van der Waals surface area contributed by atoms with Gasteiger partial charge in [0.2, 0.25) is 0 Å². The van der Waals surface area contributed by atoms with Crippen molar-refractivity contribution in [3.8, 4) is 0 Å². The molecule has 0 spiro atoms. The number of carbonyl (C=O) groups is 1. The molecule has 0 unspecified atom stereocenters. The zero-order valence-electron chi connectivity index (χ0n) is 10.3. The third-order valence-electron chi connectivity index (χ3n) is 2.58. The number of anilines is 1. The van der Waals surface area contributed by atoms with Crippen molar-refractivity contribution in [3.63, 3.8) is 0 Å². The Bertz CT molecular complexity index is 735. The van der Waals surface area contributed by atoms with Crippen molar-refractivity contribution < 1.29 is 9.72 Å². The Morgan fingerprint density at radius 1 is 1.05 bits per heavy atom. The summed E-state index contributed by atoms with van der Waals surface area (Å²) in [6, 6.07) is 8.15. The lowest BCUT2D eigenvalue weighted by molar-refractivity contribution is -0.384. The van der Waals surface area contributed by atoms with E-state index in [1.54, 1.807) is 6.07 Å². The maximum Gasteiger partial charge on any atom is 0.270 e. The van der Waals surface area contributed by atoms with Crippen molar-refractivity contribution in [2.45, 2.75) is 0 Å². The Labute approximate surface area is 134 Å². The zero-order chi connectivity index (χ0) is 15.6. The number of benzene rings is 2. The Morgan fingerprint density at radius 3 is 2.38 bits per heavy atom. The van der Waals surface area contributed by atoms with E-state index in [9.17, 15) is 14.9 Å². The molecule has 0 radical (unpaired) electrons. The largest absolute Gasteiger partial charge is 0.321 e. The van der Waals surface area contributed by atoms with Crippen LogP contribution in [0.4, 0.5) is 11.4 Å². The highest BCUT2D eigenvalue weighted by atomic mass is 35.5. The molecule has 2 rings (SSSR count). The first-order chi connectivity index (χ1) is 9.88. The van der Waals surface area contributed by atoms with Crippen molar-refractivity contribution in [3.05, 3.63) is 67.1 Å². The van der Waals surface area contributed by atoms with Crippen LogP contribution in [0.15, 0.2) is 36.4 Å². The number of amides is 1. The number of carbonyl (C=O) groups excluding carboxylic acids is 1. The molecule has 0 atom stereocenters. The van der Waals surface area contributed by atoms with Gasteiger partial charge in [-0.25, -0.2) is 0 Å². The maximum absolute atomic E-state index is 12.2. The minimum absolute atomic E-state index is 0.0260. The van der Waals surface area contributed by atoms with Crippen molar-refractivity contribution in [1.29, 1.82) is 0 Å². The van der Waals surface area contributed by atoms with E-state index in [0.29, 0.717) is 5.02 Å². The first-order valence-corrected chi connectivity index (χ1v) is 6.72. The minimum atomic E-state index is -0.618. The average Bonchev–Trinajstić information content (AvgIpc) is 2.43. The van der Waals surface area contributed by atoms with E-state index in [1.165, 1.54) is 24.3 Å². The maximum atomic E-state index is 12.2. The molecule has 0 aliphatic rings. The van der Waals surface area contributed by atoms with Crippen LogP contribution in [0, 0.1) is 10.1 Å². The monoisotopic (exact) mass is 344 g/mol. The highest BCUT2D eigenvalue weighted by Gasteiger charge is 2.17. The molecule has 0 saturated carbocycles. The summed E-state index contributed by atoms with van der Waals surface area (Å²) in [5.74, 6) is -0.618. The van der Waals surface area contributed by atoms with E-state index in [0.717, 1.165) is 6.07 Å². The van der Waals surface area contributed by atoms with Gasteiger partial charge in [0.25, 0.3) is 11.6 Å². The van der Waals surface area contributed by atoms with Gasteiger partial charge in [0.1, 0.15) is 0 Å². The summed E-state index contributed by atoms with van der Waals surface area (Å²) in [5, 5.41) is 14.0. The van der Waals surface area contributed by atoms with E-state index in [-0.39, 0.29) is 27.0 Å². The summed E-state index contributed by atoms with van der Waals surface area (Å²) in [6.07, 6.45) is 0. The molecule has 0 aliphatic carbocycles. The minimum Gasteiger partial charge on any atom is -0.321 e. The van der Waals surface area contributed by atoms with E-state index in [1.807, 2.05) is 0 Å². The van der Waals surface area contributed by atoms with Crippen LogP contribution < -0.4 is 5.32 Å². The lowest BCUT2D eigenvalue weighted by Gasteiger charge is -2.08. The summed E-state index contributed by atoms with van der Waals surface area (Å²) >= 11 is 17.6. The van der Waals surface area contributed by atoms with Crippen LogP contribution in [0.2, 0.25) is 15.1 Å². The van der Waals surface area contributed by atoms with E-state index in [4.69, 9.17) is 34.8 Å². The smallest absolute Gasteiger partial charge is 0.270 e. The molecule has 1 amide bonds. The second-order valence-electron chi connectivity index (χ2n) is 4.00. The number of rotatable bonds is 3. The van der Waals surface area contributed by atoms with Crippen molar-refractivity contribution in [1.82, 2.24) is 0 Å². The Balaban J connectivity index is 2.34. The summed E-state index contributed by atoms with van der Waals surface area (Å²) < 4.78 is 0. The van der Waals surface area contributed by atoms with Crippen molar-refractivity contribution in [2.24, 2.45) is 0 Å². The fraction of sp³-hybridized carbons (Fsp3) is 0. The Morgan fingerprint density at radius 2 is 1.71 bits per heavy atom. The van der Waals surface area contributed by atoms with Gasteiger partial charge in [-0.1, -0.05) is 34.8 Å². The van der Waals surface area contributed by atoms with Gasteiger partial charge in [-0.15, -0.1) is 0 Å². The highest BCUT2D eigenvalue weighted by Crippen LogP contribution is 2.28. The molecule has 2 aromatic rings. The quantitative estimate of drug-likeness (QED) is 0.641. The van der Waals surface area contributed by atoms with Crippen LogP contribution in [0.1, 0.15) is 10.4 Å². The van der Waals surface area contributed by atoms with Crippen molar-refractivity contribution in [2.75, 3.05) is 5.32 Å². The van der Waals surface area contributed by atoms with Gasteiger partial charge in [0, 0.05) is 17.2 Å². The second-order valence-corrected chi connectivity index (χ2v) is 5.25. The number of non-ortho nitro benzene ring substituents is 1. The van der Waals surface area contributed by atoms with Gasteiger partial charge in [-0.05, 0) is 24.3 Å². The summed E-state index contributed by atoms with van der Waals surface area (Å²) in [5.41, 5.74) is 0.0281. The number of halogens is 3. The first-order valence-electron chi connectivity index (χ1n) is 5.59. The van der Waals surface area contributed by atoms with Crippen LogP contribution in [-0.2, 0) is 0 Å². The fourth-order valence-electron chi connectivity index (χ4n) is 1.58. The average molecular weight is 346 g/mol. The lowest BCUT2D eigenvalue weighted by Crippen LogP contribution is -2.13. The normalized spacial score (nSPS) is 10.2. The summed E-state index contributed by atoms with van der Waals surface area (Å²) in [4.78, 5) is 22.3. The number of nitro groups is 1. The molecular weight excluding hydrogens is 339 g/mol. The molecule has 0 aliphatic heterocycles. The summed E-state index contributed by atoms with van der Waals surface area (Å²) in [7, 11) is 0. The molecular formula is C13H7Cl3N2O3. The molecule has 2 aromatic carbocycles. The molecule has 0 fully saturated rings. The van der Waals surface area contributed by atoms with Crippen LogP contribution in [0.3, 0.4) is 0 Å². The molecule has 8 heteroatoms. The third kappa shape index (κ3) is 3.64. The highest BCUT2D eigenvalue weighted by molar-refractivity contribution is 6.37. The number of nitrogens with zero attached hydrogens (tertiary/aromatic N) is 1. The number of hydrogen-bond donors (Lipinski definition) is 1. The molecule has 0 aromatic heterocycles. The number of nitro benzene ring substituents is 1. The van der Waals surface area contributed by atoms with Crippen LogP contribution in [-0.4, -0.2) is 10.8 Å². The second kappa shape index (κ2) is 6.30. The van der Waals surface area contributed by atoms with E-state index >= 15 is 0 Å². The van der Waals surface area contributed by atoms with Gasteiger partial charge in [0.05, 0.1) is 26.2 Å². The van der Waals surface area contributed by atoms with Gasteiger partial charge in [-0.3, -0.25) is 14.9 Å². The zero-order valence-corrected chi connectivity index (χ0v) is 12.5. The molecule has 21 heavy (non-hydrogen) atoms. The van der Waals surface area contributed by atoms with E-state index in [2.05, 4.69) is 5.32 Å². The van der Waals surface area contributed by atoms with Crippen molar-refractivity contribution >= 4 is 52.1 Å². The first kappa shape index (κ1) is 15.6.